The van der Waals surface area contributed by atoms with E-state index in [1.165, 1.54) is 50.6 Å². The van der Waals surface area contributed by atoms with Crippen molar-refractivity contribution in [2.45, 2.75) is 0 Å². The number of fused-ring (bicyclic) bond motifs is 8. The summed E-state index contributed by atoms with van der Waals surface area (Å²) in [5.41, 5.74) is 23.4. The van der Waals surface area contributed by atoms with Gasteiger partial charge in [-0.05, 0) is 0 Å². The maximum absolute atomic E-state index is 11.4. The van der Waals surface area contributed by atoms with Gasteiger partial charge in [0.15, 0.2) is 0 Å². The van der Waals surface area contributed by atoms with Gasteiger partial charge >= 0.3 is 506 Å². The molecule has 0 radical (unpaired) electrons. The standard InChI is InChI=1S/C74H46B2N6Se2/c1-78-62-40-24-25-49(48-77)69(62)70-73-60(75-58-38-20-22-41-63(58)81(54-34-16-6-17-35-54)65-43-56(45-67(83-73)71(65)75)79(50-26-8-2-9-27-50)51-28-10-3-11-29-51)47-61-74(70)84-68-46-57(80(52-30-12-4-13-31-52)53-32-14-5-15-33-53)44-66-72(68)76(61)59-39-21-23-42-64(59)82(66)55-36-18-7-19-37-55/h2-47H. The van der Waals surface area contributed by atoms with Gasteiger partial charge in [0.1, 0.15) is 0 Å². The molecule has 0 fully saturated rings. The van der Waals surface area contributed by atoms with Crippen LogP contribution in [-0.4, -0.2) is 43.3 Å². The first-order valence-corrected chi connectivity index (χ1v) is 31.6. The molecule has 0 aliphatic carbocycles. The van der Waals surface area contributed by atoms with Crippen molar-refractivity contribution in [1.82, 2.24) is 0 Å². The third kappa shape index (κ3) is 7.92. The summed E-state index contributed by atoms with van der Waals surface area (Å²) >= 11 is -0.664. The third-order valence-corrected chi connectivity index (χ3v) is 21.8. The number of nitriles is 1. The second-order valence-corrected chi connectivity index (χ2v) is 25.7. The fourth-order valence-corrected chi connectivity index (χ4v) is 19.3. The zero-order valence-corrected chi connectivity index (χ0v) is 48.6. The van der Waals surface area contributed by atoms with E-state index in [4.69, 9.17) is 6.57 Å². The molecule has 0 unspecified atom stereocenters. The van der Waals surface area contributed by atoms with E-state index in [9.17, 15) is 5.26 Å². The molecule has 390 valence electrons. The summed E-state index contributed by atoms with van der Waals surface area (Å²) in [5, 5.41) is 11.4. The van der Waals surface area contributed by atoms with Gasteiger partial charge in [-0.3, -0.25) is 0 Å². The summed E-state index contributed by atoms with van der Waals surface area (Å²) in [7, 11) is 0. The van der Waals surface area contributed by atoms with Gasteiger partial charge in [-0.25, -0.2) is 0 Å². The summed E-state index contributed by atoms with van der Waals surface area (Å²) in [6.45, 7) is 8.57. The third-order valence-electron chi connectivity index (χ3n) is 16.7. The topological polar surface area (TPSA) is 41.1 Å². The molecule has 0 saturated carbocycles. The Morgan fingerprint density at radius 1 is 0.369 bits per heavy atom. The van der Waals surface area contributed by atoms with E-state index >= 15 is 0 Å². The second-order valence-electron chi connectivity index (χ2n) is 21.3. The molecule has 0 spiro atoms. The van der Waals surface area contributed by atoms with Crippen molar-refractivity contribution >= 4 is 168 Å². The van der Waals surface area contributed by atoms with Crippen LogP contribution < -0.4 is 70.2 Å². The van der Waals surface area contributed by atoms with Crippen molar-refractivity contribution in [3.8, 4) is 17.2 Å². The van der Waals surface area contributed by atoms with E-state index in [1.807, 2.05) is 18.2 Å². The molecule has 0 N–H and O–H groups in total. The average molecular weight is 1200 g/mol. The Kier molecular flexibility index (Phi) is 12.1. The number of nitrogens with zero attached hydrogens (tertiary/aromatic N) is 6. The van der Waals surface area contributed by atoms with Crippen LogP contribution in [0.5, 0.6) is 0 Å². The number of hydrogen-bond acceptors (Lipinski definition) is 5. The van der Waals surface area contributed by atoms with E-state index in [1.54, 1.807) is 0 Å². The molecule has 12 aromatic rings. The quantitative estimate of drug-likeness (QED) is 0.106. The molecular formula is C74H46B2N6Se2. The number of rotatable bonds is 9. The fraction of sp³-hybridized carbons (Fsp3) is 0. The molecule has 0 bridgehead atoms. The Balaban J connectivity index is 1.02. The van der Waals surface area contributed by atoms with Gasteiger partial charge in [-0.15, -0.1) is 0 Å². The van der Waals surface area contributed by atoms with E-state index in [-0.39, 0.29) is 43.3 Å². The van der Waals surface area contributed by atoms with Crippen LogP contribution in [-0.2, 0) is 0 Å². The Morgan fingerprint density at radius 3 is 1.14 bits per heavy atom. The molecular weight excluding hydrogens is 1150 g/mol. The maximum atomic E-state index is 11.4. The molecule has 12 aromatic carbocycles. The predicted molar refractivity (Wildman–Crippen MR) is 354 cm³/mol. The predicted octanol–water partition coefficient (Wildman–Crippen LogP) is 11.3. The van der Waals surface area contributed by atoms with Gasteiger partial charge in [-0.1, -0.05) is 0 Å². The average Bonchev–Trinajstić information content (AvgIpc) is 0.755. The fourth-order valence-electron chi connectivity index (χ4n) is 13.3. The Hall–Kier alpha value is -10.0. The van der Waals surface area contributed by atoms with E-state index in [2.05, 4.69) is 291 Å². The Bertz CT molecular complexity index is 4310. The van der Waals surface area contributed by atoms with Crippen molar-refractivity contribution in [2.24, 2.45) is 0 Å². The zero-order valence-electron chi connectivity index (χ0n) is 45.2. The van der Waals surface area contributed by atoms with Gasteiger partial charge in [0.05, 0.1) is 0 Å². The van der Waals surface area contributed by atoms with Gasteiger partial charge in [-0.2, -0.15) is 0 Å². The summed E-state index contributed by atoms with van der Waals surface area (Å²) in [6, 6.07) is 103. The number of hydrogen-bond donors (Lipinski definition) is 0. The van der Waals surface area contributed by atoms with Crippen molar-refractivity contribution in [3.05, 3.63) is 296 Å². The minimum atomic E-state index is -0.332. The van der Waals surface area contributed by atoms with Crippen LogP contribution in [0.4, 0.5) is 73.9 Å². The van der Waals surface area contributed by atoms with Gasteiger partial charge in [0.2, 0.25) is 0 Å². The summed E-state index contributed by atoms with van der Waals surface area (Å²) in [5.74, 6) is 0. The Morgan fingerprint density at radius 2 is 0.750 bits per heavy atom. The zero-order chi connectivity index (χ0) is 55.8. The van der Waals surface area contributed by atoms with Crippen LogP contribution >= 0.6 is 0 Å². The van der Waals surface area contributed by atoms with Gasteiger partial charge < -0.3 is 0 Å². The first-order chi connectivity index (χ1) is 41.6. The molecule has 16 rings (SSSR count). The van der Waals surface area contributed by atoms with Crippen molar-refractivity contribution in [2.75, 3.05) is 19.6 Å². The van der Waals surface area contributed by atoms with E-state index in [0.29, 0.717) is 11.3 Å². The number of anilines is 12. The minimum absolute atomic E-state index is 0.178. The first kappa shape index (κ1) is 49.8. The molecule has 4 heterocycles. The monoisotopic (exact) mass is 1200 g/mol. The summed E-state index contributed by atoms with van der Waals surface area (Å²) < 4.78 is 5.01. The van der Waals surface area contributed by atoms with Crippen molar-refractivity contribution in [1.29, 1.82) is 5.26 Å². The summed E-state index contributed by atoms with van der Waals surface area (Å²) in [4.78, 5) is 14.1. The normalized spacial score (nSPS) is 12.8. The molecule has 6 nitrogen and oxygen atoms in total. The van der Waals surface area contributed by atoms with Crippen LogP contribution in [0, 0.1) is 17.9 Å². The number of para-hydroxylation sites is 8. The van der Waals surface area contributed by atoms with E-state index in [0.717, 1.165) is 79.4 Å². The summed E-state index contributed by atoms with van der Waals surface area (Å²) in [6.07, 6.45) is 0. The van der Waals surface area contributed by atoms with Crippen LogP contribution in [0.25, 0.3) is 16.0 Å². The molecule has 10 heteroatoms. The second kappa shape index (κ2) is 20.5. The first-order valence-electron chi connectivity index (χ1n) is 28.2. The molecule has 0 saturated heterocycles. The molecule has 4 aliphatic rings. The SMILES string of the molecule is [C-]#[N+]c1cccc(C#N)c1-c1c2c(cc3c1[Se]c1cc(N(c4ccccc4)c4ccccc4)cc4c1B3c1ccccc1N4c1ccccc1)B1c3ccccc3N(c3ccccc3)c3cc(N(c4ccccc4)c4ccccc4)cc(c31)[Se]2. The van der Waals surface area contributed by atoms with Crippen LogP contribution in [0.15, 0.2) is 279 Å². The van der Waals surface area contributed by atoms with Gasteiger partial charge in [0.25, 0.3) is 0 Å². The van der Waals surface area contributed by atoms with Crippen molar-refractivity contribution in [3.63, 3.8) is 0 Å². The van der Waals surface area contributed by atoms with Crippen LogP contribution in [0.3, 0.4) is 0 Å². The van der Waals surface area contributed by atoms with E-state index < -0.39 is 0 Å². The van der Waals surface area contributed by atoms with Crippen molar-refractivity contribution < 1.29 is 0 Å². The Labute approximate surface area is 502 Å². The van der Waals surface area contributed by atoms with Gasteiger partial charge in [0, 0.05) is 0 Å². The number of benzene rings is 12. The molecule has 4 aliphatic heterocycles. The molecule has 0 atom stereocenters. The van der Waals surface area contributed by atoms with Crippen LogP contribution in [0.2, 0.25) is 0 Å². The molecule has 0 aromatic heterocycles. The van der Waals surface area contributed by atoms with Crippen LogP contribution in [0.1, 0.15) is 5.56 Å². The molecule has 84 heavy (non-hydrogen) atoms. The molecule has 0 amide bonds.